The van der Waals surface area contributed by atoms with Gasteiger partial charge in [0, 0.05) is 42.3 Å². The number of aryl methyl sites for hydroxylation is 2. The van der Waals surface area contributed by atoms with Crippen LogP contribution < -0.4 is 19.9 Å². The van der Waals surface area contributed by atoms with Crippen LogP contribution in [0.2, 0.25) is 0 Å². The van der Waals surface area contributed by atoms with Gasteiger partial charge in [0.15, 0.2) is 0 Å². The van der Waals surface area contributed by atoms with Gasteiger partial charge in [-0.15, -0.1) is 0 Å². The summed E-state index contributed by atoms with van der Waals surface area (Å²) in [5, 5.41) is 2.88. The molecule has 0 atom stereocenters. The molecule has 0 spiro atoms. The molecule has 3 heterocycles. The number of urea groups is 1. The van der Waals surface area contributed by atoms with Crippen molar-refractivity contribution in [3.05, 3.63) is 65.4 Å². The van der Waals surface area contributed by atoms with E-state index in [9.17, 15) is 4.79 Å². The number of nitrogens with one attached hydrogen (secondary N) is 1. The highest BCUT2D eigenvalue weighted by atomic mass is 16.5. The van der Waals surface area contributed by atoms with Gasteiger partial charge in [0.25, 0.3) is 0 Å². The standard InChI is InChI=1S/C25H26N4O2/c1-16-13-20(31-3)7-8-23(16)29-11-9-21-22(14-17(2)27-24(21)29)18-5-4-6-19(15-18)28-12-10-26-25(28)30/h4-8,13-15H,9-12H2,1-3H3,(H,26,30). The van der Waals surface area contributed by atoms with Gasteiger partial charge in [0.2, 0.25) is 0 Å². The van der Waals surface area contributed by atoms with Gasteiger partial charge in [-0.2, -0.15) is 0 Å². The number of pyridine rings is 1. The number of carbonyl (C=O) groups excluding carboxylic acids is 1. The first-order valence-corrected chi connectivity index (χ1v) is 10.6. The van der Waals surface area contributed by atoms with Gasteiger partial charge in [-0.1, -0.05) is 12.1 Å². The minimum absolute atomic E-state index is 0.0329. The van der Waals surface area contributed by atoms with E-state index in [2.05, 4.69) is 47.5 Å². The second kappa shape index (κ2) is 7.61. The molecule has 1 saturated heterocycles. The molecular weight excluding hydrogens is 388 g/mol. The topological polar surface area (TPSA) is 57.7 Å². The molecule has 3 aromatic rings. The van der Waals surface area contributed by atoms with Crippen molar-refractivity contribution < 1.29 is 9.53 Å². The number of fused-ring (bicyclic) bond motifs is 1. The van der Waals surface area contributed by atoms with E-state index in [0.29, 0.717) is 13.1 Å². The van der Waals surface area contributed by atoms with Crippen LogP contribution in [0.25, 0.3) is 11.1 Å². The number of amides is 2. The highest BCUT2D eigenvalue weighted by Crippen LogP contribution is 2.41. The maximum atomic E-state index is 12.1. The first-order valence-electron chi connectivity index (χ1n) is 10.6. The highest BCUT2D eigenvalue weighted by Gasteiger charge is 2.27. The van der Waals surface area contributed by atoms with Crippen LogP contribution in [0, 0.1) is 13.8 Å². The van der Waals surface area contributed by atoms with Gasteiger partial charge >= 0.3 is 6.03 Å². The molecule has 1 N–H and O–H groups in total. The van der Waals surface area contributed by atoms with E-state index in [1.807, 2.05) is 25.1 Å². The Bertz CT molecular complexity index is 1170. The van der Waals surface area contributed by atoms with Gasteiger partial charge in [-0.25, -0.2) is 9.78 Å². The zero-order chi connectivity index (χ0) is 21.5. The summed E-state index contributed by atoms with van der Waals surface area (Å²) in [6, 6.07) is 16.6. The smallest absolute Gasteiger partial charge is 0.321 e. The normalized spacial score (nSPS) is 15.3. The summed E-state index contributed by atoms with van der Waals surface area (Å²) in [7, 11) is 1.69. The molecule has 0 unspecified atom stereocenters. The Morgan fingerprint density at radius 3 is 2.65 bits per heavy atom. The molecule has 2 aliphatic heterocycles. The third kappa shape index (κ3) is 3.38. The van der Waals surface area contributed by atoms with Crippen LogP contribution >= 0.6 is 0 Å². The summed E-state index contributed by atoms with van der Waals surface area (Å²) in [5.41, 5.74) is 7.80. The monoisotopic (exact) mass is 414 g/mol. The second-order valence-electron chi connectivity index (χ2n) is 8.10. The number of benzene rings is 2. The Labute approximate surface area is 182 Å². The lowest BCUT2D eigenvalue weighted by Gasteiger charge is -2.22. The molecule has 2 amide bonds. The van der Waals surface area contributed by atoms with Gasteiger partial charge in [-0.3, -0.25) is 4.90 Å². The molecule has 1 fully saturated rings. The lowest BCUT2D eigenvalue weighted by atomic mass is 9.98. The fraction of sp³-hybridized carbons (Fsp3) is 0.280. The molecule has 2 aromatic carbocycles. The van der Waals surface area contributed by atoms with Crippen LogP contribution in [-0.4, -0.2) is 37.8 Å². The van der Waals surface area contributed by atoms with E-state index < -0.39 is 0 Å². The van der Waals surface area contributed by atoms with E-state index >= 15 is 0 Å². The maximum absolute atomic E-state index is 12.1. The molecular formula is C25H26N4O2. The lowest BCUT2D eigenvalue weighted by molar-refractivity contribution is 0.252. The Morgan fingerprint density at radius 2 is 1.90 bits per heavy atom. The minimum Gasteiger partial charge on any atom is -0.497 e. The minimum atomic E-state index is -0.0329. The molecule has 2 aliphatic rings. The number of anilines is 3. The third-order valence-corrected chi connectivity index (χ3v) is 6.09. The highest BCUT2D eigenvalue weighted by molar-refractivity contribution is 5.95. The van der Waals surface area contributed by atoms with E-state index in [4.69, 9.17) is 9.72 Å². The fourth-order valence-corrected chi connectivity index (χ4v) is 4.59. The summed E-state index contributed by atoms with van der Waals surface area (Å²) >= 11 is 0. The van der Waals surface area contributed by atoms with Crippen LogP contribution in [0.3, 0.4) is 0 Å². The van der Waals surface area contributed by atoms with Crippen molar-refractivity contribution in [2.45, 2.75) is 20.3 Å². The van der Waals surface area contributed by atoms with Crippen molar-refractivity contribution in [1.82, 2.24) is 10.3 Å². The zero-order valence-electron chi connectivity index (χ0n) is 18.1. The van der Waals surface area contributed by atoms with E-state index in [1.54, 1.807) is 12.0 Å². The average molecular weight is 415 g/mol. The van der Waals surface area contributed by atoms with Crippen molar-refractivity contribution in [3.8, 4) is 16.9 Å². The molecule has 0 bridgehead atoms. The Morgan fingerprint density at radius 1 is 1.03 bits per heavy atom. The van der Waals surface area contributed by atoms with Crippen LogP contribution in [0.15, 0.2) is 48.5 Å². The first kappa shape index (κ1) is 19.4. The Kier molecular flexibility index (Phi) is 4.77. The van der Waals surface area contributed by atoms with E-state index in [-0.39, 0.29) is 6.03 Å². The van der Waals surface area contributed by atoms with Crippen LogP contribution in [0.5, 0.6) is 5.75 Å². The molecule has 31 heavy (non-hydrogen) atoms. The lowest BCUT2D eigenvalue weighted by Crippen LogP contribution is -2.27. The summed E-state index contributed by atoms with van der Waals surface area (Å²) < 4.78 is 5.37. The predicted octanol–water partition coefficient (Wildman–Crippen LogP) is 4.60. The van der Waals surface area contributed by atoms with E-state index in [0.717, 1.165) is 47.2 Å². The molecule has 6 nitrogen and oxygen atoms in total. The molecule has 6 heteroatoms. The van der Waals surface area contributed by atoms with Gasteiger partial charge in [0.1, 0.15) is 11.6 Å². The van der Waals surface area contributed by atoms with Crippen LogP contribution in [0.4, 0.5) is 22.0 Å². The SMILES string of the molecule is COc1ccc(N2CCc3c(-c4cccc(N5CCNC5=O)c4)cc(C)nc32)c(C)c1. The first-order chi connectivity index (χ1) is 15.0. The predicted molar refractivity (Wildman–Crippen MR) is 124 cm³/mol. The molecule has 0 aliphatic carbocycles. The van der Waals surface area contributed by atoms with Crippen molar-refractivity contribution >= 4 is 23.2 Å². The van der Waals surface area contributed by atoms with Gasteiger partial charge in [-0.05, 0) is 73.4 Å². The number of ether oxygens (including phenoxy) is 1. The number of nitrogens with zero attached hydrogens (tertiary/aromatic N) is 3. The second-order valence-corrected chi connectivity index (χ2v) is 8.10. The fourth-order valence-electron chi connectivity index (χ4n) is 4.59. The van der Waals surface area contributed by atoms with Crippen molar-refractivity contribution in [1.29, 1.82) is 0 Å². The quantitative estimate of drug-likeness (QED) is 0.678. The largest absolute Gasteiger partial charge is 0.497 e. The van der Waals surface area contributed by atoms with Crippen molar-refractivity contribution in [3.63, 3.8) is 0 Å². The van der Waals surface area contributed by atoms with Gasteiger partial charge < -0.3 is 15.0 Å². The Hall–Kier alpha value is -3.54. The summed E-state index contributed by atoms with van der Waals surface area (Å²) in [6.07, 6.45) is 0.928. The summed E-state index contributed by atoms with van der Waals surface area (Å²) in [4.78, 5) is 21.1. The maximum Gasteiger partial charge on any atom is 0.321 e. The summed E-state index contributed by atoms with van der Waals surface area (Å²) in [5.74, 6) is 1.88. The molecule has 5 rings (SSSR count). The summed E-state index contributed by atoms with van der Waals surface area (Å²) in [6.45, 7) is 6.42. The number of hydrogen-bond donors (Lipinski definition) is 1. The van der Waals surface area contributed by atoms with E-state index in [1.165, 1.54) is 16.7 Å². The number of aromatic nitrogens is 1. The number of carbonyl (C=O) groups is 1. The average Bonchev–Trinajstić information content (AvgIpc) is 3.39. The molecule has 0 radical (unpaired) electrons. The number of methoxy groups -OCH3 is 1. The van der Waals surface area contributed by atoms with Crippen LogP contribution in [0.1, 0.15) is 16.8 Å². The number of hydrogen-bond acceptors (Lipinski definition) is 4. The Balaban J connectivity index is 1.57. The number of rotatable bonds is 4. The molecule has 1 aromatic heterocycles. The molecule has 158 valence electrons. The third-order valence-electron chi connectivity index (χ3n) is 6.09. The van der Waals surface area contributed by atoms with Crippen LogP contribution in [-0.2, 0) is 6.42 Å². The zero-order valence-corrected chi connectivity index (χ0v) is 18.1. The van der Waals surface area contributed by atoms with Gasteiger partial charge in [0.05, 0.1) is 7.11 Å². The van der Waals surface area contributed by atoms with Crippen molar-refractivity contribution in [2.24, 2.45) is 0 Å². The molecule has 0 saturated carbocycles. The van der Waals surface area contributed by atoms with Crippen molar-refractivity contribution in [2.75, 3.05) is 36.5 Å².